The van der Waals surface area contributed by atoms with E-state index in [0.717, 1.165) is 11.3 Å². The van der Waals surface area contributed by atoms with Crippen LogP contribution in [0.3, 0.4) is 0 Å². The highest BCUT2D eigenvalue weighted by Gasteiger charge is 2.31. The van der Waals surface area contributed by atoms with E-state index in [0.29, 0.717) is 42.1 Å². The Labute approximate surface area is 208 Å². The minimum Gasteiger partial charge on any atom is -0.457 e. The molecule has 2 aromatic heterocycles. The highest BCUT2D eigenvalue weighted by molar-refractivity contribution is 5.93. The molecule has 0 bridgehead atoms. The van der Waals surface area contributed by atoms with Crippen molar-refractivity contribution in [2.45, 2.75) is 33.2 Å². The number of nitrogen functional groups attached to an aromatic ring is 1. The number of carbonyl (C=O) groups excluding carboxylic acids is 1. The smallest absolute Gasteiger partial charge is 0.335 e. The van der Waals surface area contributed by atoms with Gasteiger partial charge >= 0.3 is 5.69 Å². The van der Waals surface area contributed by atoms with Gasteiger partial charge < -0.3 is 15.4 Å². The number of fused-ring (bicyclic) bond motifs is 1. The molecule has 1 aliphatic heterocycles. The van der Waals surface area contributed by atoms with Crippen LogP contribution in [0.15, 0.2) is 53.6 Å². The van der Waals surface area contributed by atoms with Crippen LogP contribution in [0.4, 0.5) is 5.82 Å². The molecule has 182 valence electrons. The molecular weight excluding hydrogens is 456 g/mol. The van der Waals surface area contributed by atoms with Gasteiger partial charge in [-0.2, -0.15) is 0 Å². The minimum atomic E-state index is -0.291. The zero-order valence-corrected chi connectivity index (χ0v) is 20.4. The van der Waals surface area contributed by atoms with Crippen LogP contribution in [-0.2, 0) is 4.79 Å². The number of aromatic nitrogens is 4. The molecular formula is C27H26N6O3. The van der Waals surface area contributed by atoms with Gasteiger partial charge in [-0.1, -0.05) is 12.0 Å². The molecule has 1 amide bonds. The Morgan fingerprint density at radius 2 is 1.83 bits per heavy atom. The summed E-state index contributed by atoms with van der Waals surface area (Å²) in [5.41, 5.74) is 9.75. The van der Waals surface area contributed by atoms with Gasteiger partial charge in [-0.05, 0) is 80.6 Å². The number of amides is 1. The average molecular weight is 483 g/mol. The second-order valence-corrected chi connectivity index (χ2v) is 8.83. The maximum Gasteiger partial charge on any atom is 0.335 e. The number of benzene rings is 2. The number of likely N-dealkylation sites (tertiary alicyclic amines) is 1. The van der Waals surface area contributed by atoms with Crippen LogP contribution in [0, 0.1) is 25.7 Å². The van der Waals surface area contributed by atoms with E-state index in [1.807, 2.05) is 25.1 Å². The molecule has 5 rings (SSSR count). The van der Waals surface area contributed by atoms with Gasteiger partial charge in [-0.3, -0.25) is 13.9 Å². The number of hydrogen-bond donors (Lipinski definition) is 1. The first-order valence-electron chi connectivity index (χ1n) is 11.7. The van der Waals surface area contributed by atoms with Crippen molar-refractivity contribution in [3.8, 4) is 29.0 Å². The lowest BCUT2D eigenvalue weighted by Gasteiger charge is -2.14. The SMILES string of the molecule is CC#CC(=O)N1CCC(n2c(=O)n(-c3ccc(Oc4ccc(C)c(C)c4)cc3)c3c(N)ncnc32)C1. The van der Waals surface area contributed by atoms with Crippen LogP contribution >= 0.6 is 0 Å². The van der Waals surface area contributed by atoms with Crippen LogP contribution in [0.1, 0.15) is 30.5 Å². The number of anilines is 1. The van der Waals surface area contributed by atoms with E-state index < -0.39 is 0 Å². The van der Waals surface area contributed by atoms with Crippen LogP contribution in [-0.4, -0.2) is 43.0 Å². The Balaban J connectivity index is 1.51. The van der Waals surface area contributed by atoms with E-state index in [9.17, 15) is 9.59 Å². The Bertz CT molecular complexity index is 1590. The lowest BCUT2D eigenvalue weighted by Crippen LogP contribution is -2.31. The summed E-state index contributed by atoms with van der Waals surface area (Å²) in [6, 6.07) is 12.9. The van der Waals surface area contributed by atoms with Crippen molar-refractivity contribution in [2.75, 3.05) is 18.8 Å². The summed E-state index contributed by atoms with van der Waals surface area (Å²) in [4.78, 5) is 36.1. The number of imidazole rings is 1. The van der Waals surface area contributed by atoms with E-state index in [1.165, 1.54) is 16.5 Å². The Kier molecular flexibility index (Phi) is 5.94. The lowest BCUT2D eigenvalue weighted by atomic mass is 10.1. The van der Waals surface area contributed by atoms with E-state index in [1.54, 1.807) is 40.7 Å². The molecule has 0 aliphatic carbocycles. The third-order valence-electron chi connectivity index (χ3n) is 6.54. The average Bonchev–Trinajstić information content (AvgIpc) is 3.45. The summed E-state index contributed by atoms with van der Waals surface area (Å²) in [5, 5.41) is 0. The molecule has 1 unspecified atom stereocenters. The maximum atomic E-state index is 13.7. The number of nitrogens with two attached hydrogens (primary N) is 1. The number of carbonyl (C=O) groups is 1. The van der Waals surface area contributed by atoms with E-state index in [-0.39, 0.29) is 23.5 Å². The molecule has 0 spiro atoms. The largest absolute Gasteiger partial charge is 0.457 e. The van der Waals surface area contributed by atoms with Gasteiger partial charge in [0.25, 0.3) is 5.91 Å². The second-order valence-electron chi connectivity index (χ2n) is 8.83. The number of hydrogen-bond acceptors (Lipinski definition) is 6. The first-order chi connectivity index (χ1) is 17.4. The number of ether oxygens (including phenoxy) is 1. The highest BCUT2D eigenvalue weighted by Crippen LogP contribution is 2.29. The van der Waals surface area contributed by atoms with Gasteiger partial charge in [-0.25, -0.2) is 14.8 Å². The molecule has 36 heavy (non-hydrogen) atoms. The summed E-state index contributed by atoms with van der Waals surface area (Å²) in [6.45, 7) is 6.61. The molecule has 0 radical (unpaired) electrons. The summed E-state index contributed by atoms with van der Waals surface area (Å²) < 4.78 is 9.12. The van der Waals surface area contributed by atoms with Crippen LogP contribution < -0.4 is 16.2 Å². The number of nitrogens with zero attached hydrogens (tertiary/aromatic N) is 5. The Morgan fingerprint density at radius 3 is 2.56 bits per heavy atom. The van der Waals surface area contributed by atoms with Gasteiger partial charge in [0.05, 0.1) is 11.7 Å². The summed E-state index contributed by atoms with van der Waals surface area (Å²) in [7, 11) is 0. The van der Waals surface area contributed by atoms with Crippen molar-refractivity contribution in [2.24, 2.45) is 0 Å². The van der Waals surface area contributed by atoms with Gasteiger partial charge in [0.15, 0.2) is 11.5 Å². The predicted molar refractivity (Wildman–Crippen MR) is 137 cm³/mol. The highest BCUT2D eigenvalue weighted by atomic mass is 16.5. The normalized spacial score (nSPS) is 15.1. The molecule has 1 fully saturated rings. The minimum absolute atomic E-state index is 0.203. The first-order valence-corrected chi connectivity index (χ1v) is 11.7. The molecule has 9 nitrogen and oxygen atoms in total. The quantitative estimate of drug-likeness (QED) is 0.447. The molecule has 3 heterocycles. The Morgan fingerprint density at radius 1 is 1.08 bits per heavy atom. The summed E-state index contributed by atoms with van der Waals surface area (Å²) >= 11 is 0. The monoisotopic (exact) mass is 482 g/mol. The maximum absolute atomic E-state index is 13.7. The van der Waals surface area contributed by atoms with Crippen molar-refractivity contribution in [3.05, 3.63) is 70.4 Å². The third kappa shape index (κ3) is 4.07. The molecule has 4 aromatic rings. The fourth-order valence-electron chi connectivity index (χ4n) is 4.54. The molecule has 0 saturated carbocycles. The molecule has 1 atom stereocenters. The zero-order valence-electron chi connectivity index (χ0n) is 20.4. The van der Waals surface area contributed by atoms with Crippen LogP contribution in [0.25, 0.3) is 16.9 Å². The van der Waals surface area contributed by atoms with Gasteiger partial charge in [0, 0.05) is 13.1 Å². The van der Waals surface area contributed by atoms with E-state index >= 15 is 0 Å². The molecule has 1 saturated heterocycles. The van der Waals surface area contributed by atoms with Crippen molar-refractivity contribution in [3.63, 3.8) is 0 Å². The molecule has 1 aliphatic rings. The summed E-state index contributed by atoms with van der Waals surface area (Å²) in [5.74, 6) is 6.55. The fraction of sp³-hybridized carbons (Fsp3) is 0.259. The Hall–Kier alpha value is -4.58. The van der Waals surface area contributed by atoms with E-state index in [4.69, 9.17) is 10.5 Å². The lowest BCUT2D eigenvalue weighted by molar-refractivity contribution is -0.124. The van der Waals surface area contributed by atoms with Gasteiger partial charge in [0.2, 0.25) is 0 Å². The van der Waals surface area contributed by atoms with Gasteiger partial charge in [-0.15, -0.1) is 0 Å². The van der Waals surface area contributed by atoms with Crippen molar-refractivity contribution >= 4 is 22.9 Å². The molecule has 9 heteroatoms. The standard InChI is InChI=1S/C27H26N6O3/c1-4-5-23(34)31-13-12-20(15-31)33-26-24(25(28)29-16-30-26)32(27(33)35)19-7-10-21(11-8-19)36-22-9-6-17(2)18(3)14-22/h6-11,14,16,20H,12-13,15H2,1-3H3,(H2,28,29,30). The first kappa shape index (κ1) is 23.2. The predicted octanol–water partition coefficient (Wildman–Crippen LogP) is 3.37. The van der Waals surface area contributed by atoms with Crippen LogP contribution in [0.2, 0.25) is 0 Å². The van der Waals surface area contributed by atoms with Crippen LogP contribution in [0.5, 0.6) is 11.5 Å². The second kappa shape index (κ2) is 9.23. The molecule has 2 N–H and O–H groups in total. The van der Waals surface area contributed by atoms with Crippen molar-refractivity contribution < 1.29 is 9.53 Å². The van der Waals surface area contributed by atoms with E-state index in [2.05, 4.69) is 28.7 Å². The van der Waals surface area contributed by atoms with Crippen molar-refractivity contribution in [1.82, 2.24) is 24.0 Å². The third-order valence-corrected chi connectivity index (χ3v) is 6.54. The number of rotatable bonds is 4. The zero-order chi connectivity index (χ0) is 25.4. The number of aryl methyl sites for hydroxylation is 2. The van der Waals surface area contributed by atoms with Crippen molar-refractivity contribution in [1.29, 1.82) is 0 Å². The topological polar surface area (TPSA) is 108 Å². The molecule has 2 aromatic carbocycles. The fourth-order valence-corrected chi connectivity index (χ4v) is 4.54. The summed E-state index contributed by atoms with van der Waals surface area (Å²) in [6.07, 6.45) is 1.96. The van der Waals surface area contributed by atoms with Gasteiger partial charge in [0.1, 0.15) is 23.3 Å².